The van der Waals surface area contributed by atoms with Crippen LogP contribution >= 0.6 is 11.6 Å². The van der Waals surface area contributed by atoms with E-state index in [0.29, 0.717) is 17.0 Å². The summed E-state index contributed by atoms with van der Waals surface area (Å²) in [5.74, 6) is 0.145. The zero-order valence-corrected chi connectivity index (χ0v) is 11.3. The third kappa shape index (κ3) is 1.82. The first kappa shape index (κ1) is 12.8. The smallest absolute Gasteiger partial charge is 0.331 e. The van der Waals surface area contributed by atoms with Crippen molar-refractivity contribution < 1.29 is 9.53 Å². The third-order valence-electron chi connectivity index (χ3n) is 2.76. The van der Waals surface area contributed by atoms with E-state index in [4.69, 9.17) is 16.3 Å². The fraction of sp³-hybridized carbons (Fsp3) is 0.455. The molecule has 0 radical (unpaired) electrons. The van der Waals surface area contributed by atoms with Crippen LogP contribution in [0.2, 0.25) is 5.15 Å². The van der Waals surface area contributed by atoms with Crippen molar-refractivity contribution in [1.29, 1.82) is 0 Å². The molecule has 2 aromatic rings. The predicted octanol–water partition coefficient (Wildman–Crippen LogP) is 1.70. The molecule has 0 saturated carbocycles. The molecule has 0 fully saturated rings. The minimum absolute atomic E-state index is 0.270. The number of carbonyl (C=O) groups excluding carboxylic acids is 1. The van der Waals surface area contributed by atoms with Gasteiger partial charge in [-0.05, 0) is 20.8 Å². The first-order valence-electron chi connectivity index (χ1n) is 5.34. The number of carbonyl (C=O) groups is 1. The first-order valence-corrected chi connectivity index (χ1v) is 5.72. The Labute approximate surface area is 109 Å². The first-order chi connectivity index (χ1) is 8.37. The minimum Gasteiger partial charge on any atom is -0.467 e. The van der Waals surface area contributed by atoms with Crippen molar-refractivity contribution in [2.45, 2.75) is 26.3 Å². The summed E-state index contributed by atoms with van der Waals surface area (Å²) in [5, 5.41) is 0.270. The average Bonchev–Trinajstić information content (AvgIpc) is 2.72. The van der Waals surface area contributed by atoms with Crippen LogP contribution in [0.25, 0.3) is 11.2 Å². The van der Waals surface area contributed by atoms with Gasteiger partial charge in [-0.25, -0.2) is 19.7 Å². The molecular formula is C11H13ClN4O2. The third-order valence-corrected chi connectivity index (χ3v) is 3.02. The molecule has 96 valence electrons. The minimum atomic E-state index is -0.925. The van der Waals surface area contributed by atoms with Gasteiger partial charge in [0, 0.05) is 0 Å². The molecule has 0 unspecified atom stereocenters. The maximum absolute atomic E-state index is 11.8. The van der Waals surface area contributed by atoms with E-state index < -0.39 is 11.5 Å². The standard InChI is InChI=1S/C11H13ClN4O2/c1-6-14-8(12)7-9(15-6)13-5-16(7)11(2,3)10(17)18-4/h5H,1-4H3. The highest BCUT2D eigenvalue weighted by atomic mass is 35.5. The van der Waals surface area contributed by atoms with Gasteiger partial charge >= 0.3 is 5.97 Å². The Morgan fingerprint density at radius 1 is 1.44 bits per heavy atom. The molecular weight excluding hydrogens is 256 g/mol. The number of aromatic nitrogens is 4. The maximum atomic E-state index is 11.8. The number of halogens is 1. The van der Waals surface area contributed by atoms with Crippen LogP contribution in [0, 0.1) is 6.92 Å². The normalized spacial score (nSPS) is 11.8. The molecule has 0 spiro atoms. The Morgan fingerprint density at radius 3 is 2.72 bits per heavy atom. The van der Waals surface area contributed by atoms with E-state index in [1.165, 1.54) is 13.4 Å². The van der Waals surface area contributed by atoms with Crippen LogP contribution in [0.15, 0.2) is 6.33 Å². The topological polar surface area (TPSA) is 69.9 Å². The lowest BCUT2D eigenvalue weighted by atomic mass is 10.1. The Balaban J connectivity index is 2.70. The van der Waals surface area contributed by atoms with Crippen LogP contribution in [0.5, 0.6) is 0 Å². The summed E-state index contributed by atoms with van der Waals surface area (Å²) < 4.78 is 6.40. The lowest BCUT2D eigenvalue weighted by molar-refractivity contribution is -0.149. The van der Waals surface area contributed by atoms with Crippen molar-refractivity contribution in [3.8, 4) is 0 Å². The van der Waals surface area contributed by atoms with E-state index in [1.807, 2.05) is 0 Å². The summed E-state index contributed by atoms with van der Waals surface area (Å²) >= 11 is 6.10. The van der Waals surface area contributed by atoms with Gasteiger partial charge in [-0.1, -0.05) is 11.6 Å². The summed E-state index contributed by atoms with van der Waals surface area (Å²) in [5.41, 5.74) is 0.0633. The van der Waals surface area contributed by atoms with Crippen LogP contribution in [-0.4, -0.2) is 32.6 Å². The van der Waals surface area contributed by atoms with Gasteiger partial charge in [-0.15, -0.1) is 0 Å². The van der Waals surface area contributed by atoms with Crippen molar-refractivity contribution in [3.05, 3.63) is 17.3 Å². The molecule has 0 aliphatic heterocycles. The van der Waals surface area contributed by atoms with Crippen LogP contribution in [0.1, 0.15) is 19.7 Å². The number of nitrogens with zero attached hydrogens (tertiary/aromatic N) is 4. The van der Waals surface area contributed by atoms with Gasteiger partial charge in [0.2, 0.25) is 0 Å². The number of aryl methyl sites for hydroxylation is 1. The molecule has 7 heteroatoms. The van der Waals surface area contributed by atoms with E-state index in [9.17, 15) is 4.79 Å². The van der Waals surface area contributed by atoms with E-state index >= 15 is 0 Å². The van der Waals surface area contributed by atoms with Gasteiger partial charge in [0.05, 0.1) is 13.4 Å². The van der Waals surface area contributed by atoms with Gasteiger partial charge in [0.1, 0.15) is 16.9 Å². The predicted molar refractivity (Wildman–Crippen MR) is 66.4 cm³/mol. The van der Waals surface area contributed by atoms with E-state index in [1.54, 1.807) is 25.3 Å². The molecule has 2 rings (SSSR count). The number of fused-ring (bicyclic) bond motifs is 1. The highest BCUT2D eigenvalue weighted by Gasteiger charge is 2.33. The summed E-state index contributed by atoms with van der Waals surface area (Å²) in [6, 6.07) is 0. The summed E-state index contributed by atoms with van der Waals surface area (Å²) in [6.07, 6.45) is 1.52. The van der Waals surface area contributed by atoms with Gasteiger partial charge in [0.25, 0.3) is 0 Å². The van der Waals surface area contributed by atoms with E-state index in [-0.39, 0.29) is 5.15 Å². The van der Waals surface area contributed by atoms with Crippen LogP contribution in [0.4, 0.5) is 0 Å². The summed E-state index contributed by atoms with van der Waals surface area (Å²) in [7, 11) is 1.34. The lowest BCUT2D eigenvalue weighted by Gasteiger charge is -2.24. The Hall–Kier alpha value is -1.69. The molecule has 0 atom stereocenters. The summed E-state index contributed by atoms with van der Waals surface area (Å²) in [6.45, 7) is 5.17. The quantitative estimate of drug-likeness (QED) is 0.612. The number of ether oxygens (including phenoxy) is 1. The number of imidazole rings is 1. The largest absolute Gasteiger partial charge is 0.467 e. The van der Waals surface area contributed by atoms with Gasteiger partial charge in [-0.3, -0.25) is 0 Å². The molecule has 6 nitrogen and oxygen atoms in total. The second-order valence-corrected chi connectivity index (χ2v) is 4.76. The van der Waals surface area contributed by atoms with Crippen LogP contribution in [0.3, 0.4) is 0 Å². The van der Waals surface area contributed by atoms with Crippen molar-refractivity contribution in [3.63, 3.8) is 0 Å². The van der Waals surface area contributed by atoms with Crippen LogP contribution < -0.4 is 0 Å². The fourth-order valence-electron chi connectivity index (χ4n) is 1.76. The fourth-order valence-corrected chi connectivity index (χ4v) is 2.06. The van der Waals surface area contributed by atoms with Crippen molar-refractivity contribution >= 4 is 28.7 Å². The van der Waals surface area contributed by atoms with Crippen LogP contribution in [-0.2, 0) is 15.1 Å². The van der Waals surface area contributed by atoms with Crippen molar-refractivity contribution in [1.82, 2.24) is 19.5 Å². The molecule has 2 aromatic heterocycles. The Morgan fingerprint density at radius 2 is 2.11 bits per heavy atom. The molecule has 0 amide bonds. The number of esters is 1. The second-order valence-electron chi connectivity index (χ2n) is 4.40. The van der Waals surface area contributed by atoms with Gasteiger partial charge in [-0.2, -0.15) is 0 Å². The van der Waals surface area contributed by atoms with Crippen molar-refractivity contribution in [2.75, 3.05) is 7.11 Å². The number of methoxy groups -OCH3 is 1. The zero-order chi connectivity index (χ0) is 13.5. The zero-order valence-electron chi connectivity index (χ0n) is 10.6. The molecule has 0 N–H and O–H groups in total. The monoisotopic (exact) mass is 268 g/mol. The number of rotatable bonds is 2. The maximum Gasteiger partial charge on any atom is 0.331 e. The molecule has 0 aliphatic carbocycles. The molecule has 18 heavy (non-hydrogen) atoms. The second kappa shape index (κ2) is 4.20. The molecule has 0 bridgehead atoms. The number of hydrogen-bond donors (Lipinski definition) is 0. The molecule has 0 aromatic carbocycles. The number of hydrogen-bond acceptors (Lipinski definition) is 5. The van der Waals surface area contributed by atoms with Gasteiger partial charge < -0.3 is 9.30 Å². The Kier molecular flexibility index (Phi) is 2.98. The van der Waals surface area contributed by atoms with Gasteiger partial charge in [0.15, 0.2) is 10.8 Å². The van der Waals surface area contributed by atoms with Crippen molar-refractivity contribution in [2.24, 2.45) is 0 Å². The van der Waals surface area contributed by atoms with E-state index in [0.717, 1.165) is 0 Å². The molecule has 0 aliphatic rings. The lowest BCUT2D eigenvalue weighted by Crippen LogP contribution is -2.36. The SMILES string of the molecule is COC(=O)C(C)(C)n1cnc2nc(C)nc(Cl)c21. The van der Waals surface area contributed by atoms with E-state index in [2.05, 4.69) is 15.0 Å². The average molecular weight is 269 g/mol. The highest BCUT2D eigenvalue weighted by Crippen LogP contribution is 2.26. The molecule has 2 heterocycles. The highest BCUT2D eigenvalue weighted by molar-refractivity contribution is 6.33. The molecule has 0 saturated heterocycles. The summed E-state index contributed by atoms with van der Waals surface area (Å²) in [4.78, 5) is 24.2. The Bertz CT molecular complexity index is 621.